The molecule has 2 heteroatoms. The smallest absolute Gasteiger partial charge is 0.0475 e. The average molecular weight is 288 g/mol. The summed E-state index contributed by atoms with van der Waals surface area (Å²) in [4.78, 5) is 2.71. The SMILES string of the molecule is CCNC(c1ccc(C)cc1)C(C)N1CC(C)CCC1C. The number of hydrogen-bond donors (Lipinski definition) is 1. The summed E-state index contributed by atoms with van der Waals surface area (Å²) in [5.41, 5.74) is 2.75. The molecular formula is C19H32N2. The first-order valence-corrected chi connectivity index (χ1v) is 8.58. The van der Waals surface area contributed by atoms with E-state index in [2.05, 4.69) is 69.1 Å². The number of rotatable bonds is 5. The van der Waals surface area contributed by atoms with Gasteiger partial charge in [-0.15, -0.1) is 0 Å². The maximum absolute atomic E-state index is 3.71. The van der Waals surface area contributed by atoms with Gasteiger partial charge in [-0.3, -0.25) is 4.90 Å². The Balaban J connectivity index is 2.18. The zero-order valence-corrected chi connectivity index (χ0v) is 14.4. The third kappa shape index (κ3) is 4.08. The van der Waals surface area contributed by atoms with E-state index < -0.39 is 0 Å². The number of likely N-dealkylation sites (tertiary alicyclic amines) is 1. The van der Waals surface area contributed by atoms with Gasteiger partial charge in [0, 0.05) is 24.7 Å². The quantitative estimate of drug-likeness (QED) is 0.875. The van der Waals surface area contributed by atoms with Crippen molar-refractivity contribution < 1.29 is 0 Å². The van der Waals surface area contributed by atoms with Crippen LogP contribution in [0.25, 0.3) is 0 Å². The van der Waals surface area contributed by atoms with Crippen molar-refractivity contribution in [3.63, 3.8) is 0 Å². The van der Waals surface area contributed by atoms with Gasteiger partial charge in [0.05, 0.1) is 0 Å². The summed E-state index contributed by atoms with van der Waals surface area (Å²) < 4.78 is 0. The summed E-state index contributed by atoms with van der Waals surface area (Å²) in [6, 6.07) is 10.7. The Labute approximate surface area is 130 Å². The van der Waals surface area contributed by atoms with Gasteiger partial charge < -0.3 is 5.32 Å². The lowest BCUT2D eigenvalue weighted by atomic mass is 9.90. The van der Waals surface area contributed by atoms with E-state index >= 15 is 0 Å². The second-order valence-electron chi connectivity index (χ2n) is 6.91. The van der Waals surface area contributed by atoms with Crippen LogP contribution >= 0.6 is 0 Å². The van der Waals surface area contributed by atoms with Crippen molar-refractivity contribution in [3.8, 4) is 0 Å². The molecule has 0 amide bonds. The van der Waals surface area contributed by atoms with Crippen LogP contribution < -0.4 is 5.32 Å². The summed E-state index contributed by atoms with van der Waals surface area (Å²) in [7, 11) is 0. The Morgan fingerprint density at radius 3 is 2.48 bits per heavy atom. The lowest BCUT2D eigenvalue weighted by Crippen LogP contribution is -2.51. The van der Waals surface area contributed by atoms with Gasteiger partial charge >= 0.3 is 0 Å². The number of piperidine rings is 1. The fraction of sp³-hybridized carbons (Fsp3) is 0.684. The molecule has 0 radical (unpaired) electrons. The van der Waals surface area contributed by atoms with Crippen LogP contribution in [0.4, 0.5) is 0 Å². The van der Waals surface area contributed by atoms with Gasteiger partial charge in [-0.05, 0) is 51.6 Å². The van der Waals surface area contributed by atoms with Gasteiger partial charge in [-0.25, -0.2) is 0 Å². The minimum absolute atomic E-state index is 0.420. The van der Waals surface area contributed by atoms with Gasteiger partial charge in [0.25, 0.3) is 0 Å². The Morgan fingerprint density at radius 1 is 1.19 bits per heavy atom. The van der Waals surface area contributed by atoms with E-state index in [9.17, 15) is 0 Å². The maximum atomic E-state index is 3.71. The molecule has 0 aromatic heterocycles. The van der Waals surface area contributed by atoms with Crippen molar-refractivity contribution in [1.82, 2.24) is 10.2 Å². The molecule has 118 valence electrons. The van der Waals surface area contributed by atoms with Crippen molar-refractivity contribution in [2.45, 2.75) is 65.6 Å². The molecule has 0 bridgehead atoms. The van der Waals surface area contributed by atoms with Crippen molar-refractivity contribution in [2.24, 2.45) is 5.92 Å². The highest BCUT2D eigenvalue weighted by Gasteiger charge is 2.31. The lowest BCUT2D eigenvalue weighted by Gasteiger charge is -2.44. The minimum Gasteiger partial charge on any atom is -0.309 e. The number of hydrogen-bond acceptors (Lipinski definition) is 2. The third-order valence-corrected chi connectivity index (χ3v) is 5.03. The third-order valence-electron chi connectivity index (χ3n) is 5.03. The predicted octanol–water partition coefficient (Wildman–Crippen LogP) is 4.15. The lowest BCUT2D eigenvalue weighted by molar-refractivity contribution is 0.0655. The van der Waals surface area contributed by atoms with Crippen LogP contribution in [-0.4, -0.2) is 30.1 Å². The second kappa shape index (κ2) is 7.42. The van der Waals surface area contributed by atoms with Crippen LogP contribution in [-0.2, 0) is 0 Å². The second-order valence-corrected chi connectivity index (χ2v) is 6.91. The minimum atomic E-state index is 0.420. The van der Waals surface area contributed by atoms with Crippen LogP contribution in [0, 0.1) is 12.8 Å². The standard InChI is InChI=1S/C19H32N2/c1-6-20-19(18-11-8-14(2)9-12-18)17(5)21-13-15(3)7-10-16(21)4/h8-9,11-12,15-17,19-20H,6-7,10,13H2,1-5H3. The highest BCUT2D eigenvalue weighted by Crippen LogP contribution is 2.29. The molecule has 4 unspecified atom stereocenters. The summed E-state index contributed by atoms with van der Waals surface area (Å²) in [5.74, 6) is 0.823. The molecule has 1 fully saturated rings. The van der Waals surface area contributed by atoms with Gasteiger partial charge in [0.2, 0.25) is 0 Å². The number of benzene rings is 1. The van der Waals surface area contributed by atoms with E-state index in [1.165, 1.54) is 30.5 Å². The highest BCUT2D eigenvalue weighted by molar-refractivity contribution is 5.25. The van der Waals surface area contributed by atoms with Gasteiger partial charge in [-0.1, -0.05) is 43.7 Å². The molecule has 0 aliphatic carbocycles. The van der Waals surface area contributed by atoms with Crippen molar-refractivity contribution in [3.05, 3.63) is 35.4 Å². The van der Waals surface area contributed by atoms with Crippen molar-refractivity contribution in [2.75, 3.05) is 13.1 Å². The number of nitrogens with zero attached hydrogens (tertiary/aromatic N) is 1. The highest BCUT2D eigenvalue weighted by atomic mass is 15.2. The van der Waals surface area contributed by atoms with E-state index in [1.54, 1.807) is 0 Å². The summed E-state index contributed by atoms with van der Waals surface area (Å²) in [5, 5.41) is 3.71. The van der Waals surface area contributed by atoms with Crippen LogP contribution in [0.2, 0.25) is 0 Å². The Kier molecular flexibility index (Phi) is 5.83. The molecule has 4 atom stereocenters. The first-order chi connectivity index (χ1) is 10.0. The summed E-state index contributed by atoms with van der Waals surface area (Å²) in [6.45, 7) is 13.8. The summed E-state index contributed by atoms with van der Waals surface area (Å²) in [6.07, 6.45) is 2.71. The zero-order valence-electron chi connectivity index (χ0n) is 14.4. The molecule has 1 heterocycles. The first-order valence-electron chi connectivity index (χ1n) is 8.58. The Morgan fingerprint density at radius 2 is 1.86 bits per heavy atom. The molecule has 1 saturated heterocycles. The van der Waals surface area contributed by atoms with E-state index in [0.717, 1.165) is 12.5 Å². The normalized spacial score (nSPS) is 26.5. The van der Waals surface area contributed by atoms with Crippen molar-refractivity contribution in [1.29, 1.82) is 0 Å². The molecule has 2 nitrogen and oxygen atoms in total. The average Bonchev–Trinajstić information content (AvgIpc) is 2.48. The number of nitrogens with one attached hydrogen (secondary N) is 1. The molecule has 1 N–H and O–H groups in total. The number of aryl methyl sites for hydroxylation is 1. The van der Waals surface area contributed by atoms with Crippen LogP contribution in [0.5, 0.6) is 0 Å². The van der Waals surface area contributed by atoms with Gasteiger partial charge in [0.1, 0.15) is 0 Å². The summed E-state index contributed by atoms with van der Waals surface area (Å²) >= 11 is 0. The molecule has 1 aliphatic heterocycles. The molecule has 0 spiro atoms. The predicted molar refractivity (Wildman–Crippen MR) is 91.6 cm³/mol. The van der Waals surface area contributed by atoms with Crippen LogP contribution in [0.3, 0.4) is 0 Å². The fourth-order valence-electron chi connectivity index (χ4n) is 3.64. The molecule has 1 aliphatic rings. The molecule has 1 aromatic carbocycles. The van der Waals surface area contributed by atoms with Crippen molar-refractivity contribution >= 4 is 0 Å². The number of likely N-dealkylation sites (N-methyl/N-ethyl adjacent to an activating group) is 1. The maximum Gasteiger partial charge on any atom is 0.0475 e. The molecule has 1 aromatic rings. The monoisotopic (exact) mass is 288 g/mol. The van der Waals surface area contributed by atoms with Gasteiger partial charge in [-0.2, -0.15) is 0 Å². The Hall–Kier alpha value is -0.860. The van der Waals surface area contributed by atoms with E-state index in [-0.39, 0.29) is 0 Å². The van der Waals surface area contributed by atoms with E-state index in [1.807, 2.05) is 0 Å². The molecular weight excluding hydrogens is 256 g/mol. The first kappa shape index (κ1) is 16.5. The topological polar surface area (TPSA) is 15.3 Å². The van der Waals surface area contributed by atoms with Crippen LogP contribution in [0.15, 0.2) is 24.3 Å². The molecule has 2 rings (SSSR count). The van der Waals surface area contributed by atoms with E-state index in [4.69, 9.17) is 0 Å². The van der Waals surface area contributed by atoms with Gasteiger partial charge in [0.15, 0.2) is 0 Å². The van der Waals surface area contributed by atoms with E-state index in [0.29, 0.717) is 18.1 Å². The molecule has 21 heavy (non-hydrogen) atoms. The fourth-order valence-corrected chi connectivity index (χ4v) is 3.64. The molecule has 0 saturated carbocycles. The largest absolute Gasteiger partial charge is 0.309 e. The Bertz CT molecular complexity index is 426. The van der Waals surface area contributed by atoms with Crippen LogP contribution in [0.1, 0.15) is 57.7 Å². The zero-order chi connectivity index (χ0) is 15.4.